The van der Waals surface area contributed by atoms with Crippen LogP contribution in [0.15, 0.2) is 108 Å². The van der Waals surface area contributed by atoms with Crippen molar-refractivity contribution in [2.45, 2.75) is 13.3 Å². The molecular weight excluding hydrogens is 484 g/mol. The number of aryl methyl sites for hydroxylation is 1. The zero-order valence-corrected chi connectivity index (χ0v) is 21.9. The van der Waals surface area contributed by atoms with Crippen LogP contribution in [0.2, 0.25) is 0 Å². The van der Waals surface area contributed by atoms with Crippen LogP contribution in [-0.2, 0) is 11.2 Å². The molecule has 6 rings (SSSR count). The van der Waals surface area contributed by atoms with Gasteiger partial charge in [0, 0.05) is 35.3 Å². The van der Waals surface area contributed by atoms with Gasteiger partial charge in [-0.15, -0.1) is 0 Å². The monoisotopic (exact) mass is 512 g/mol. The molecule has 1 aliphatic rings. The Morgan fingerprint density at radius 3 is 2.33 bits per heavy atom. The van der Waals surface area contributed by atoms with E-state index in [0.717, 1.165) is 45.2 Å². The standard InChI is InChI=1S/C33H28N4O2/c1-22-34-29-20-21-37(30-15-9-8-14-28(30)31(29)35-22)33(38)24-16-18-25(19-17-24)36-32(39-2)27-13-7-6-12-26(27)23-10-4-3-5-11-23/h3-19H,20-21H2,1-2H3,(H,34,35)/b36-32-. The normalized spacial score (nSPS) is 12.9. The van der Waals surface area contributed by atoms with Crippen molar-refractivity contribution in [1.82, 2.24) is 9.97 Å². The summed E-state index contributed by atoms with van der Waals surface area (Å²) in [5.74, 6) is 1.34. The molecule has 1 amide bonds. The first kappa shape index (κ1) is 24.4. The highest BCUT2D eigenvalue weighted by Crippen LogP contribution is 2.36. The van der Waals surface area contributed by atoms with Crippen LogP contribution >= 0.6 is 0 Å². The molecule has 5 aromatic rings. The third-order valence-electron chi connectivity index (χ3n) is 6.96. The molecule has 1 N–H and O–H groups in total. The van der Waals surface area contributed by atoms with Crippen LogP contribution in [0.5, 0.6) is 0 Å². The fraction of sp³-hybridized carbons (Fsp3) is 0.121. The van der Waals surface area contributed by atoms with Crippen molar-refractivity contribution in [3.63, 3.8) is 0 Å². The average Bonchev–Trinajstić information content (AvgIpc) is 3.29. The molecule has 1 aromatic heterocycles. The Balaban J connectivity index is 1.29. The smallest absolute Gasteiger partial charge is 0.258 e. The van der Waals surface area contributed by atoms with E-state index in [-0.39, 0.29) is 5.91 Å². The first-order chi connectivity index (χ1) is 19.1. The number of ether oxygens (including phenoxy) is 1. The van der Waals surface area contributed by atoms with E-state index in [0.29, 0.717) is 30.1 Å². The van der Waals surface area contributed by atoms with Crippen molar-refractivity contribution in [1.29, 1.82) is 0 Å². The average molecular weight is 513 g/mol. The number of rotatable bonds is 4. The van der Waals surface area contributed by atoms with E-state index in [4.69, 9.17) is 14.7 Å². The zero-order chi connectivity index (χ0) is 26.8. The van der Waals surface area contributed by atoms with Gasteiger partial charge in [-0.1, -0.05) is 66.7 Å². The van der Waals surface area contributed by atoms with Gasteiger partial charge in [-0.25, -0.2) is 9.98 Å². The lowest BCUT2D eigenvalue weighted by atomic mass is 9.99. The Morgan fingerprint density at radius 1 is 0.872 bits per heavy atom. The number of imidazole rings is 1. The highest BCUT2D eigenvalue weighted by atomic mass is 16.5. The fourth-order valence-electron chi connectivity index (χ4n) is 5.12. The quantitative estimate of drug-likeness (QED) is 0.209. The number of amides is 1. The second-order valence-corrected chi connectivity index (χ2v) is 9.45. The number of nitrogens with one attached hydrogen (secondary N) is 1. The van der Waals surface area contributed by atoms with Gasteiger partial charge in [0.05, 0.1) is 24.2 Å². The minimum Gasteiger partial charge on any atom is -0.481 e. The summed E-state index contributed by atoms with van der Waals surface area (Å²) < 4.78 is 5.73. The second kappa shape index (κ2) is 10.4. The van der Waals surface area contributed by atoms with Crippen LogP contribution in [0.4, 0.5) is 11.4 Å². The number of fused-ring (bicyclic) bond motifs is 3. The Labute approximate surface area is 227 Å². The third-order valence-corrected chi connectivity index (χ3v) is 6.96. The van der Waals surface area contributed by atoms with E-state index < -0.39 is 0 Å². The number of anilines is 1. The SMILES string of the molecule is CO/C(=N\c1ccc(C(=O)N2CCc3[nH]c(C)nc3-c3ccccc32)cc1)c1ccccc1-c1ccccc1. The molecule has 0 radical (unpaired) electrons. The molecule has 0 atom stereocenters. The minimum atomic E-state index is -0.0544. The number of hydrogen-bond donors (Lipinski definition) is 1. The van der Waals surface area contributed by atoms with E-state index in [9.17, 15) is 4.79 Å². The molecule has 39 heavy (non-hydrogen) atoms. The lowest BCUT2D eigenvalue weighted by Crippen LogP contribution is -2.32. The zero-order valence-electron chi connectivity index (χ0n) is 21.9. The Kier molecular flexibility index (Phi) is 6.51. The van der Waals surface area contributed by atoms with Gasteiger partial charge in [-0.05, 0) is 54.4 Å². The molecule has 4 aromatic carbocycles. The molecule has 6 nitrogen and oxygen atoms in total. The van der Waals surface area contributed by atoms with E-state index in [2.05, 4.69) is 23.2 Å². The molecule has 0 saturated carbocycles. The summed E-state index contributed by atoms with van der Waals surface area (Å²) in [6.07, 6.45) is 0.705. The summed E-state index contributed by atoms with van der Waals surface area (Å²) in [6.45, 7) is 2.52. The predicted molar refractivity (Wildman–Crippen MR) is 156 cm³/mol. The molecule has 192 valence electrons. The van der Waals surface area contributed by atoms with Gasteiger partial charge in [-0.2, -0.15) is 0 Å². The van der Waals surface area contributed by atoms with Crippen LogP contribution in [0.3, 0.4) is 0 Å². The number of nitrogens with zero attached hydrogens (tertiary/aromatic N) is 3. The van der Waals surface area contributed by atoms with Crippen molar-refractivity contribution < 1.29 is 9.53 Å². The lowest BCUT2D eigenvalue weighted by Gasteiger charge is -2.23. The van der Waals surface area contributed by atoms with Gasteiger partial charge in [0.2, 0.25) is 5.90 Å². The predicted octanol–water partition coefficient (Wildman–Crippen LogP) is 6.98. The topological polar surface area (TPSA) is 70.6 Å². The molecule has 0 aliphatic carbocycles. The lowest BCUT2D eigenvalue weighted by molar-refractivity contribution is 0.0987. The van der Waals surface area contributed by atoms with Crippen LogP contribution in [0.1, 0.15) is 27.4 Å². The largest absolute Gasteiger partial charge is 0.481 e. The highest BCUT2D eigenvalue weighted by molar-refractivity contribution is 6.08. The number of H-pyrrole nitrogens is 1. The third kappa shape index (κ3) is 4.73. The number of aromatic nitrogens is 2. The van der Waals surface area contributed by atoms with Gasteiger partial charge in [0.1, 0.15) is 5.82 Å². The summed E-state index contributed by atoms with van der Waals surface area (Å²) in [6, 6.07) is 33.5. The van der Waals surface area contributed by atoms with Gasteiger partial charge in [0.15, 0.2) is 0 Å². The van der Waals surface area contributed by atoms with Gasteiger partial charge in [0.25, 0.3) is 5.91 Å². The first-order valence-electron chi connectivity index (χ1n) is 13.0. The number of benzene rings is 4. The summed E-state index contributed by atoms with van der Waals surface area (Å²) in [5, 5.41) is 0. The summed E-state index contributed by atoms with van der Waals surface area (Å²) in [7, 11) is 1.63. The summed E-state index contributed by atoms with van der Waals surface area (Å²) >= 11 is 0. The summed E-state index contributed by atoms with van der Waals surface area (Å²) in [5.41, 5.74) is 8.15. The molecule has 2 heterocycles. The molecular formula is C33H28N4O2. The van der Waals surface area contributed by atoms with E-state index in [1.54, 1.807) is 7.11 Å². The van der Waals surface area contributed by atoms with Crippen molar-refractivity contribution in [3.8, 4) is 22.4 Å². The number of carbonyl (C=O) groups is 1. The number of para-hydroxylation sites is 1. The molecule has 6 heteroatoms. The van der Waals surface area contributed by atoms with Crippen LogP contribution in [-0.4, -0.2) is 35.4 Å². The van der Waals surface area contributed by atoms with Crippen LogP contribution in [0, 0.1) is 6.92 Å². The molecule has 0 bridgehead atoms. The molecule has 0 saturated heterocycles. The second-order valence-electron chi connectivity index (χ2n) is 9.45. The number of hydrogen-bond acceptors (Lipinski definition) is 4. The first-order valence-corrected chi connectivity index (χ1v) is 13.0. The van der Waals surface area contributed by atoms with Gasteiger partial charge in [-0.3, -0.25) is 4.79 Å². The van der Waals surface area contributed by atoms with Gasteiger partial charge < -0.3 is 14.6 Å². The molecule has 0 spiro atoms. The minimum absolute atomic E-state index is 0.0544. The van der Waals surface area contributed by atoms with Crippen LogP contribution < -0.4 is 4.90 Å². The molecule has 0 unspecified atom stereocenters. The maximum absolute atomic E-state index is 13.7. The molecule has 1 aliphatic heterocycles. The maximum atomic E-state index is 13.7. The van der Waals surface area contributed by atoms with Crippen LogP contribution in [0.25, 0.3) is 22.4 Å². The van der Waals surface area contributed by atoms with Crippen molar-refractivity contribution in [2.24, 2.45) is 4.99 Å². The van der Waals surface area contributed by atoms with Crippen molar-refractivity contribution in [3.05, 3.63) is 126 Å². The highest BCUT2D eigenvalue weighted by Gasteiger charge is 2.26. The number of aliphatic imine (C=N–C) groups is 1. The van der Waals surface area contributed by atoms with Crippen molar-refractivity contribution in [2.75, 3.05) is 18.6 Å². The van der Waals surface area contributed by atoms with Crippen molar-refractivity contribution >= 4 is 23.2 Å². The van der Waals surface area contributed by atoms with E-state index >= 15 is 0 Å². The Bertz CT molecular complexity index is 1670. The maximum Gasteiger partial charge on any atom is 0.258 e. The number of carbonyl (C=O) groups excluding carboxylic acids is 1. The molecule has 0 fully saturated rings. The Hall–Kier alpha value is -4.97. The van der Waals surface area contributed by atoms with Gasteiger partial charge >= 0.3 is 0 Å². The Morgan fingerprint density at radius 2 is 1.56 bits per heavy atom. The fourth-order valence-corrected chi connectivity index (χ4v) is 5.12. The number of aromatic amines is 1. The van der Waals surface area contributed by atoms with E-state index in [1.807, 2.05) is 96.8 Å². The number of methoxy groups -OCH3 is 1. The summed E-state index contributed by atoms with van der Waals surface area (Å²) in [4.78, 5) is 28.4. The van der Waals surface area contributed by atoms with E-state index in [1.165, 1.54) is 0 Å².